The van der Waals surface area contributed by atoms with Gasteiger partial charge in [-0.15, -0.1) is 11.3 Å². The first-order chi connectivity index (χ1) is 11.1. The van der Waals surface area contributed by atoms with Crippen LogP contribution in [0.15, 0.2) is 24.3 Å². The summed E-state index contributed by atoms with van der Waals surface area (Å²) in [5.41, 5.74) is 1.56. The average molecular weight is 332 g/mol. The van der Waals surface area contributed by atoms with Crippen molar-refractivity contribution >= 4 is 23.1 Å². The van der Waals surface area contributed by atoms with E-state index in [1.165, 1.54) is 11.3 Å². The van der Waals surface area contributed by atoms with Gasteiger partial charge in [-0.05, 0) is 43.2 Å². The Hall–Kier alpha value is -2.34. The summed E-state index contributed by atoms with van der Waals surface area (Å²) in [5, 5.41) is 0. The van der Waals surface area contributed by atoms with E-state index in [0.29, 0.717) is 21.9 Å². The molecule has 120 valence electrons. The number of ether oxygens (including phenoxy) is 3. The van der Waals surface area contributed by atoms with Gasteiger partial charge in [-0.25, -0.2) is 4.79 Å². The topological polar surface area (TPSA) is 61.8 Å². The van der Waals surface area contributed by atoms with Crippen LogP contribution in [0.1, 0.15) is 37.4 Å². The molecule has 0 amide bonds. The van der Waals surface area contributed by atoms with Gasteiger partial charge in [0, 0.05) is 10.4 Å². The lowest BCUT2D eigenvalue weighted by Crippen LogP contribution is -2.13. The van der Waals surface area contributed by atoms with E-state index < -0.39 is 5.97 Å². The molecule has 0 saturated heterocycles. The summed E-state index contributed by atoms with van der Waals surface area (Å²) in [6.45, 7) is 3.86. The molecule has 1 aromatic heterocycles. The predicted octanol–water partition coefficient (Wildman–Crippen LogP) is 3.39. The summed E-state index contributed by atoms with van der Waals surface area (Å²) in [5.74, 6) is 0.399. The Bertz CT molecular complexity index is 762. The summed E-state index contributed by atoms with van der Waals surface area (Å²) >= 11 is 1.39. The summed E-state index contributed by atoms with van der Waals surface area (Å²) in [7, 11) is 0. The third kappa shape index (κ3) is 3.22. The van der Waals surface area contributed by atoms with Gasteiger partial charge < -0.3 is 14.2 Å². The maximum absolute atomic E-state index is 12.1. The molecule has 0 spiro atoms. The van der Waals surface area contributed by atoms with Gasteiger partial charge in [0.2, 0.25) is 6.79 Å². The van der Waals surface area contributed by atoms with E-state index in [2.05, 4.69) is 0 Å². The predicted molar refractivity (Wildman–Crippen MR) is 85.6 cm³/mol. The Morgan fingerprint density at radius 2 is 2.00 bits per heavy atom. The number of hydrogen-bond donors (Lipinski definition) is 0. The van der Waals surface area contributed by atoms with Crippen LogP contribution in [-0.2, 0) is 11.2 Å². The summed E-state index contributed by atoms with van der Waals surface area (Å²) < 4.78 is 15.6. The van der Waals surface area contributed by atoms with Gasteiger partial charge >= 0.3 is 5.97 Å². The largest absolute Gasteiger partial charge is 0.454 e. The van der Waals surface area contributed by atoms with Crippen molar-refractivity contribution in [3.8, 4) is 11.5 Å². The SMILES string of the molecule is CCc1cc(C(=O)OCC(=O)c2ccc3c(c2)OCO3)sc1C. The normalized spacial score (nSPS) is 12.3. The van der Waals surface area contributed by atoms with Crippen LogP contribution >= 0.6 is 11.3 Å². The lowest BCUT2D eigenvalue weighted by molar-refractivity contribution is 0.0479. The van der Waals surface area contributed by atoms with Gasteiger partial charge in [0.05, 0.1) is 0 Å². The number of esters is 1. The minimum Gasteiger partial charge on any atom is -0.454 e. The van der Waals surface area contributed by atoms with Crippen molar-refractivity contribution in [1.82, 2.24) is 0 Å². The van der Waals surface area contributed by atoms with Crippen molar-refractivity contribution in [1.29, 1.82) is 0 Å². The zero-order valence-electron chi connectivity index (χ0n) is 12.9. The number of rotatable bonds is 5. The van der Waals surface area contributed by atoms with Crippen LogP contribution in [0.3, 0.4) is 0 Å². The second kappa shape index (κ2) is 6.42. The zero-order valence-corrected chi connectivity index (χ0v) is 13.7. The van der Waals surface area contributed by atoms with E-state index in [1.807, 2.05) is 19.9 Å². The maximum atomic E-state index is 12.1. The van der Waals surface area contributed by atoms with Crippen molar-refractivity contribution in [3.63, 3.8) is 0 Å². The molecule has 0 atom stereocenters. The monoisotopic (exact) mass is 332 g/mol. The molecule has 23 heavy (non-hydrogen) atoms. The summed E-state index contributed by atoms with van der Waals surface area (Å²) in [6, 6.07) is 6.73. The van der Waals surface area contributed by atoms with Crippen LogP contribution in [0.2, 0.25) is 0 Å². The molecular formula is C17H16O5S. The van der Waals surface area contributed by atoms with Crippen LogP contribution in [0.5, 0.6) is 11.5 Å². The molecule has 5 nitrogen and oxygen atoms in total. The van der Waals surface area contributed by atoms with E-state index in [4.69, 9.17) is 14.2 Å². The second-order valence-electron chi connectivity index (χ2n) is 5.11. The lowest BCUT2D eigenvalue weighted by Gasteiger charge is -2.04. The number of ketones is 1. The van der Waals surface area contributed by atoms with Crippen molar-refractivity contribution < 1.29 is 23.8 Å². The van der Waals surface area contributed by atoms with E-state index >= 15 is 0 Å². The molecule has 0 N–H and O–H groups in total. The van der Waals surface area contributed by atoms with E-state index in [9.17, 15) is 9.59 Å². The molecule has 0 aliphatic carbocycles. The Morgan fingerprint density at radius 1 is 1.22 bits per heavy atom. The number of fused-ring (bicyclic) bond motifs is 1. The van der Waals surface area contributed by atoms with Gasteiger partial charge in [0.1, 0.15) is 4.88 Å². The van der Waals surface area contributed by atoms with Crippen molar-refractivity contribution in [3.05, 3.63) is 45.1 Å². The highest BCUT2D eigenvalue weighted by Crippen LogP contribution is 2.32. The molecule has 1 aliphatic rings. The smallest absolute Gasteiger partial charge is 0.348 e. The van der Waals surface area contributed by atoms with Crippen LogP contribution in [0, 0.1) is 6.92 Å². The third-order valence-corrected chi connectivity index (χ3v) is 4.70. The summed E-state index contributed by atoms with van der Waals surface area (Å²) in [6.07, 6.45) is 0.867. The van der Waals surface area contributed by atoms with E-state index in [0.717, 1.165) is 16.9 Å². The molecule has 0 saturated carbocycles. The molecule has 1 aromatic carbocycles. The molecule has 2 aromatic rings. The molecule has 3 rings (SSSR count). The molecule has 1 aliphatic heterocycles. The fraction of sp³-hybridized carbons (Fsp3) is 0.294. The first-order valence-corrected chi connectivity index (χ1v) is 8.09. The number of carbonyl (C=O) groups excluding carboxylic acids is 2. The van der Waals surface area contributed by atoms with Gasteiger partial charge in [0.15, 0.2) is 23.9 Å². The van der Waals surface area contributed by atoms with Crippen LogP contribution in [0.4, 0.5) is 0 Å². The van der Waals surface area contributed by atoms with Crippen molar-refractivity contribution in [2.75, 3.05) is 13.4 Å². The number of Topliss-reactive ketones (excluding diaryl/α,β-unsaturated/α-hetero) is 1. The Labute approximate surface area is 137 Å². The van der Waals surface area contributed by atoms with Crippen molar-refractivity contribution in [2.24, 2.45) is 0 Å². The average Bonchev–Trinajstić information content (AvgIpc) is 3.17. The Balaban J connectivity index is 1.63. The first-order valence-electron chi connectivity index (χ1n) is 7.27. The van der Waals surface area contributed by atoms with E-state index in [1.54, 1.807) is 18.2 Å². The number of hydrogen-bond acceptors (Lipinski definition) is 6. The second-order valence-corrected chi connectivity index (χ2v) is 6.37. The van der Waals surface area contributed by atoms with Crippen molar-refractivity contribution in [2.45, 2.75) is 20.3 Å². The minimum absolute atomic E-state index is 0.152. The highest BCUT2D eigenvalue weighted by Gasteiger charge is 2.18. The molecule has 0 unspecified atom stereocenters. The first kappa shape index (κ1) is 15.6. The highest BCUT2D eigenvalue weighted by atomic mass is 32.1. The number of benzene rings is 1. The lowest BCUT2D eigenvalue weighted by atomic mass is 10.1. The van der Waals surface area contributed by atoms with Gasteiger partial charge in [-0.3, -0.25) is 4.79 Å². The molecular weight excluding hydrogens is 316 g/mol. The standard InChI is InChI=1S/C17H16O5S/c1-3-11-7-16(23-10(11)2)17(19)20-8-13(18)12-4-5-14-15(6-12)22-9-21-14/h4-7H,3,8-9H2,1-2H3. The molecule has 0 radical (unpaired) electrons. The Kier molecular flexibility index (Phi) is 4.34. The van der Waals surface area contributed by atoms with Gasteiger partial charge in [-0.1, -0.05) is 6.92 Å². The molecule has 2 heterocycles. The molecule has 6 heteroatoms. The Morgan fingerprint density at radius 3 is 2.74 bits per heavy atom. The highest BCUT2D eigenvalue weighted by molar-refractivity contribution is 7.14. The van der Waals surface area contributed by atoms with E-state index in [-0.39, 0.29) is 19.2 Å². The third-order valence-electron chi connectivity index (χ3n) is 3.63. The zero-order chi connectivity index (χ0) is 16.4. The van der Waals surface area contributed by atoms with Crippen LogP contribution in [-0.4, -0.2) is 25.2 Å². The number of carbonyl (C=O) groups is 2. The van der Waals surface area contributed by atoms with Crippen LogP contribution in [0.25, 0.3) is 0 Å². The summed E-state index contributed by atoms with van der Waals surface area (Å²) in [4.78, 5) is 25.8. The minimum atomic E-state index is -0.466. The molecule has 0 fully saturated rings. The maximum Gasteiger partial charge on any atom is 0.348 e. The molecule has 0 bridgehead atoms. The number of aryl methyl sites for hydroxylation is 2. The fourth-order valence-corrected chi connectivity index (χ4v) is 3.33. The fourth-order valence-electron chi connectivity index (χ4n) is 2.33. The number of thiophene rings is 1. The van der Waals surface area contributed by atoms with Gasteiger partial charge in [0.25, 0.3) is 0 Å². The van der Waals surface area contributed by atoms with Crippen LogP contribution < -0.4 is 9.47 Å². The van der Waals surface area contributed by atoms with Gasteiger partial charge in [-0.2, -0.15) is 0 Å². The quantitative estimate of drug-likeness (QED) is 0.620.